The molecule has 2 aromatic carbocycles. The van der Waals surface area contributed by atoms with Gasteiger partial charge in [-0.05, 0) is 65.9 Å². The van der Waals surface area contributed by atoms with Gasteiger partial charge in [0.05, 0.1) is 0 Å². The topological polar surface area (TPSA) is 0 Å². The van der Waals surface area contributed by atoms with Gasteiger partial charge < -0.3 is 0 Å². The molecule has 0 atom stereocenters. The van der Waals surface area contributed by atoms with Crippen molar-refractivity contribution in [3.8, 4) is 0 Å². The second-order valence-electron chi connectivity index (χ2n) is 4.41. The maximum Gasteiger partial charge on any atom is -0.0148 e. The molecule has 0 unspecified atom stereocenters. The summed E-state index contributed by atoms with van der Waals surface area (Å²) in [4.78, 5) is 0. The summed E-state index contributed by atoms with van der Waals surface area (Å²) in [5.41, 5.74) is 5.10. The summed E-state index contributed by atoms with van der Waals surface area (Å²) in [5.74, 6) is 0. The van der Waals surface area contributed by atoms with Crippen LogP contribution in [0.3, 0.4) is 0 Å². The van der Waals surface area contributed by atoms with Crippen molar-refractivity contribution in [2.45, 2.75) is 20.8 Å². The van der Waals surface area contributed by atoms with Gasteiger partial charge in [-0.25, -0.2) is 0 Å². The molecule has 0 aliphatic carbocycles. The van der Waals surface area contributed by atoms with Crippen molar-refractivity contribution in [3.63, 3.8) is 0 Å². The summed E-state index contributed by atoms with van der Waals surface area (Å²) in [7, 11) is 0. The van der Waals surface area contributed by atoms with E-state index in [1.165, 1.54) is 33.0 Å². The van der Waals surface area contributed by atoms with Gasteiger partial charge in [0.2, 0.25) is 0 Å². The minimum atomic E-state index is 1.21. The van der Waals surface area contributed by atoms with Crippen LogP contribution in [0, 0.1) is 6.92 Å². The van der Waals surface area contributed by atoms with E-state index in [-0.39, 0.29) is 0 Å². The molecule has 0 spiro atoms. The Morgan fingerprint density at radius 2 is 2.00 bits per heavy atom. The Hall–Kier alpha value is -1.82. The lowest BCUT2D eigenvalue weighted by molar-refractivity contribution is 1.50. The summed E-state index contributed by atoms with van der Waals surface area (Å²) in [6.07, 6.45) is 4.08. The van der Waals surface area contributed by atoms with Gasteiger partial charge in [0.15, 0.2) is 0 Å². The molecule has 0 amide bonds. The van der Waals surface area contributed by atoms with Crippen LogP contribution in [0.1, 0.15) is 30.5 Å². The molecule has 0 saturated heterocycles. The fourth-order valence-corrected chi connectivity index (χ4v) is 2.16. The molecule has 0 heteroatoms. The second-order valence-corrected chi connectivity index (χ2v) is 4.41. The highest BCUT2D eigenvalue weighted by Gasteiger charge is 2.05. The standard InChI is InChI=1S/C17H18/c1-5-12(3)16-11-15-9-7-8-13(4)17(15)10-14(16)6-2/h5-11H,2H2,1,3-4H3/b12-5-. The number of rotatable bonds is 2. The van der Waals surface area contributed by atoms with Crippen molar-refractivity contribution in [3.05, 3.63) is 59.7 Å². The van der Waals surface area contributed by atoms with Gasteiger partial charge in [0.1, 0.15) is 0 Å². The fourth-order valence-electron chi connectivity index (χ4n) is 2.16. The van der Waals surface area contributed by atoms with Crippen LogP contribution in [-0.4, -0.2) is 0 Å². The van der Waals surface area contributed by atoms with E-state index in [0.29, 0.717) is 0 Å². The van der Waals surface area contributed by atoms with E-state index in [9.17, 15) is 0 Å². The Morgan fingerprint density at radius 1 is 1.24 bits per heavy atom. The fraction of sp³-hybridized carbons (Fsp3) is 0.176. The smallest absolute Gasteiger partial charge is 0.0148 e. The van der Waals surface area contributed by atoms with Crippen LogP contribution >= 0.6 is 0 Å². The van der Waals surface area contributed by atoms with E-state index >= 15 is 0 Å². The third-order valence-electron chi connectivity index (χ3n) is 3.35. The maximum absolute atomic E-state index is 3.92. The Balaban J connectivity index is 2.82. The first-order valence-electron chi connectivity index (χ1n) is 5.96. The summed E-state index contributed by atoms with van der Waals surface area (Å²) in [6.45, 7) is 10.3. The average Bonchev–Trinajstić information content (AvgIpc) is 2.37. The number of aryl methyl sites for hydroxylation is 1. The largest absolute Gasteiger partial charge is 0.0984 e. The molecule has 2 rings (SSSR count). The molecule has 2 aromatic rings. The molecule has 0 N–H and O–H groups in total. The predicted molar refractivity (Wildman–Crippen MR) is 78.1 cm³/mol. The van der Waals surface area contributed by atoms with Gasteiger partial charge in [-0.15, -0.1) is 0 Å². The molecule has 17 heavy (non-hydrogen) atoms. The lowest BCUT2D eigenvalue weighted by Crippen LogP contribution is -1.88. The molecule has 86 valence electrons. The SMILES string of the molecule is C=Cc1cc2c(C)cccc2cc1/C(C)=C\C. The van der Waals surface area contributed by atoms with Crippen molar-refractivity contribution in [1.82, 2.24) is 0 Å². The van der Waals surface area contributed by atoms with Gasteiger partial charge in [-0.2, -0.15) is 0 Å². The van der Waals surface area contributed by atoms with Crippen LogP contribution in [0.2, 0.25) is 0 Å². The molecule has 0 aromatic heterocycles. The second kappa shape index (κ2) is 4.58. The molecular formula is C17H18. The molecule has 0 bridgehead atoms. The lowest BCUT2D eigenvalue weighted by Gasteiger charge is -2.10. The maximum atomic E-state index is 3.92. The van der Waals surface area contributed by atoms with Gasteiger partial charge in [0, 0.05) is 0 Å². The van der Waals surface area contributed by atoms with Crippen molar-refractivity contribution in [2.75, 3.05) is 0 Å². The molecule has 0 aliphatic heterocycles. The highest BCUT2D eigenvalue weighted by atomic mass is 14.1. The van der Waals surface area contributed by atoms with Crippen LogP contribution in [0.4, 0.5) is 0 Å². The number of fused-ring (bicyclic) bond motifs is 1. The van der Waals surface area contributed by atoms with Crippen molar-refractivity contribution in [1.29, 1.82) is 0 Å². The third kappa shape index (κ3) is 2.03. The molecule has 0 aliphatic rings. The minimum Gasteiger partial charge on any atom is -0.0984 e. The first-order valence-corrected chi connectivity index (χ1v) is 5.96. The summed E-state index contributed by atoms with van der Waals surface area (Å²) in [6, 6.07) is 10.9. The molecule has 0 nitrogen and oxygen atoms in total. The monoisotopic (exact) mass is 222 g/mol. The van der Waals surface area contributed by atoms with E-state index in [1.54, 1.807) is 0 Å². The van der Waals surface area contributed by atoms with Crippen LogP contribution in [0.15, 0.2) is 43.0 Å². The van der Waals surface area contributed by atoms with E-state index in [4.69, 9.17) is 0 Å². The number of allylic oxidation sites excluding steroid dienone is 2. The number of hydrogen-bond donors (Lipinski definition) is 0. The van der Waals surface area contributed by atoms with Crippen molar-refractivity contribution in [2.24, 2.45) is 0 Å². The van der Waals surface area contributed by atoms with Gasteiger partial charge in [0.25, 0.3) is 0 Å². The Kier molecular flexibility index (Phi) is 3.14. The molecule has 0 heterocycles. The van der Waals surface area contributed by atoms with Crippen LogP contribution in [0.25, 0.3) is 22.4 Å². The summed E-state index contributed by atoms with van der Waals surface area (Å²) < 4.78 is 0. The Bertz CT molecular complexity index is 601. The minimum absolute atomic E-state index is 1.21. The summed E-state index contributed by atoms with van der Waals surface area (Å²) in [5, 5.41) is 2.61. The molecule has 0 fully saturated rings. The third-order valence-corrected chi connectivity index (χ3v) is 3.35. The van der Waals surface area contributed by atoms with Crippen molar-refractivity contribution >= 4 is 22.4 Å². The summed E-state index contributed by atoms with van der Waals surface area (Å²) >= 11 is 0. The van der Waals surface area contributed by atoms with Gasteiger partial charge in [-0.3, -0.25) is 0 Å². The lowest BCUT2D eigenvalue weighted by atomic mass is 9.94. The zero-order chi connectivity index (χ0) is 12.4. The zero-order valence-electron chi connectivity index (χ0n) is 10.7. The number of benzene rings is 2. The average molecular weight is 222 g/mol. The molecular weight excluding hydrogens is 204 g/mol. The van der Waals surface area contributed by atoms with Crippen molar-refractivity contribution < 1.29 is 0 Å². The molecule has 0 saturated carbocycles. The number of hydrogen-bond acceptors (Lipinski definition) is 0. The first-order chi connectivity index (χ1) is 8.17. The Labute approximate surface area is 103 Å². The molecule has 0 radical (unpaired) electrons. The van der Waals surface area contributed by atoms with Crippen LogP contribution < -0.4 is 0 Å². The van der Waals surface area contributed by atoms with E-state index < -0.39 is 0 Å². The normalized spacial score (nSPS) is 11.8. The predicted octanol–water partition coefficient (Wildman–Crippen LogP) is 5.21. The van der Waals surface area contributed by atoms with E-state index in [2.05, 4.69) is 63.8 Å². The highest BCUT2D eigenvalue weighted by molar-refractivity contribution is 5.92. The van der Waals surface area contributed by atoms with Gasteiger partial charge in [-0.1, -0.05) is 36.9 Å². The zero-order valence-corrected chi connectivity index (χ0v) is 10.7. The quantitative estimate of drug-likeness (QED) is 0.654. The Morgan fingerprint density at radius 3 is 2.65 bits per heavy atom. The van der Waals surface area contributed by atoms with Crippen LogP contribution in [-0.2, 0) is 0 Å². The first kappa shape index (κ1) is 11.7. The highest BCUT2D eigenvalue weighted by Crippen LogP contribution is 2.28. The van der Waals surface area contributed by atoms with E-state index in [0.717, 1.165) is 0 Å². The van der Waals surface area contributed by atoms with Crippen LogP contribution in [0.5, 0.6) is 0 Å². The van der Waals surface area contributed by atoms with Gasteiger partial charge >= 0.3 is 0 Å². The van der Waals surface area contributed by atoms with E-state index in [1.807, 2.05) is 6.08 Å².